The second-order valence-corrected chi connectivity index (χ2v) is 6.96. The highest BCUT2D eigenvalue weighted by Gasteiger charge is 2.40. The number of amides is 2. The minimum atomic E-state index is -0.520. The predicted octanol–water partition coefficient (Wildman–Crippen LogP) is 3.97. The molecule has 0 spiro atoms. The van der Waals surface area contributed by atoms with Gasteiger partial charge in [0.2, 0.25) is 5.91 Å². The van der Waals surface area contributed by atoms with Crippen LogP contribution in [0, 0.1) is 34.6 Å². The van der Waals surface area contributed by atoms with E-state index in [1.807, 2.05) is 65.0 Å². The molecule has 1 fully saturated rings. The van der Waals surface area contributed by atoms with Crippen molar-refractivity contribution >= 4 is 23.2 Å². The van der Waals surface area contributed by atoms with Crippen LogP contribution in [0.1, 0.15) is 34.2 Å². The molecule has 1 atom stereocenters. The first-order chi connectivity index (χ1) is 11.8. The maximum Gasteiger partial charge on any atom is 0.256 e. The zero-order valence-corrected chi connectivity index (χ0v) is 15.4. The smallest absolute Gasteiger partial charge is 0.256 e. The first-order valence-corrected chi connectivity index (χ1v) is 8.57. The molecule has 1 saturated heterocycles. The summed E-state index contributed by atoms with van der Waals surface area (Å²) in [7, 11) is 0. The molecule has 130 valence electrons. The van der Waals surface area contributed by atoms with Gasteiger partial charge in [0.05, 0.1) is 12.1 Å². The molecule has 1 aliphatic heterocycles. The Labute approximate surface area is 148 Å². The van der Waals surface area contributed by atoms with Crippen LogP contribution < -0.4 is 10.2 Å². The third kappa shape index (κ3) is 3.04. The summed E-state index contributed by atoms with van der Waals surface area (Å²) in [6, 6.07) is 9.44. The van der Waals surface area contributed by atoms with Crippen molar-refractivity contribution in [3.05, 3.63) is 58.1 Å². The third-order valence-corrected chi connectivity index (χ3v) is 4.94. The van der Waals surface area contributed by atoms with Gasteiger partial charge in [-0.1, -0.05) is 29.8 Å². The highest BCUT2D eigenvalue weighted by molar-refractivity contribution is 6.23. The van der Waals surface area contributed by atoms with Crippen LogP contribution in [-0.2, 0) is 9.59 Å². The highest BCUT2D eigenvalue weighted by Crippen LogP contribution is 2.32. The average molecular weight is 336 g/mol. The number of carbonyl (C=O) groups is 2. The van der Waals surface area contributed by atoms with Gasteiger partial charge < -0.3 is 5.32 Å². The summed E-state index contributed by atoms with van der Waals surface area (Å²) >= 11 is 0. The van der Waals surface area contributed by atoms with Crippen molar-refractivity contribution in [3.8, 4) is 0 Å². The molecule has 1 heterocycles. The van der Waals surface area contributed by atoms with Crippen LogP contribution in [0.15, 0.2) is 30.3 Å². The summed E-state index contributed by atoms with van der Waals surface area (Å²) in [5.74, 6) is -0.330. The van der Waals surface area contributed by atoms with Gasteiger partial charge in [0.25, 0.3) is 5.91 Å². The fourth-order valence-electron chi connectivity index (χ4n) is 3.60. The first-order valence-electron chi connectivity index (χ1n) is 8.57. The van der Waals surface area contributed by atoms with Crippen molar-refractivity contribution in [1.29, 1.82) is 0 Å². The monoisotopic (exact) mass is 336 g/mol. The van der Waals surface area contributed by atoms with Gasteiger partial charge in [-0.05, 0) is 62.9 Å². The predicted molar refractivity (Wildman–Crippen MR) is 101 cm³/mol. The van der Waals surface area contributed by atoms with Crippen LogP contribution in [0.2, 0.25) is 0 Å². The fraction of sp³-hybridized carbons (Fsp3) is 0.333. The largest absolute Gasteiger partial charge is 0.373 e. The zero-order valence-electron chi connectivity index (χ0n) is 15.4. The quantitative estimate of drug-likeness (QED) is 0.863. The van der Waals surface area contributed by atoms with E-state index in [1.54, 1.807) is 0 Å². The van der Waals surface area contributed by atoms with Crippen molar-refractivity contribution in [3.63, 3.8) is 0 Å². The number of nitrogens with one attached hydrogen (secondary N) is 1. The van der Waals surface area contributed by atoms with Crippen molar-refractivity contribution in [1.82, 2.24) is 0 Å². The molecule has 2 aromatic carbocycles. The molecule has 4 heteroatoms. The summed E-state index contributed by atoms with van der Waals surface area (Å²) in [6.07, 6.45) is 0.180. The van der Waals surface area contributed by atoms with Crippen molar-refractivity contribution in [2.75, 3.05) is 10.2 Å². The number of anilines is 2. The minimum Gasteiger partial charge on any atom is -0.373 e. The van der Waals surface area contributed by atoms with Crippen molar-refractivity contribution < 1.29 is 9.59 Å². The summed E-state index contributed by atoms with van der Waals surface area (Å²) in [5.41, 5.74) is 6.92. The van der Waals surface area contributed by atoms with Crippen molar-refractivity contribution in [2.45, 2.75) is 47.1 Å². The molecule has 0 aromatic heterocycles. The number of aryl methyl sites for hydroxylation is 4. The molecular formula is C21H24N2O2. The SMILES string of the molecule is Cc1cc(C)c(N2C(=O)CC(Nc3cccc(C)c3C)C2=O)c(C)c1. The van der Waals surface area contributed by atoms with E-state index in [4.69, 9.17) is 0 Å². The van der Waals surface area contributed by atoms with E-state index in [9.17, 15) is 9.59 Å². The summed E-state index contributed by atoms with van der Waals surface area (Å²) in [6.45, 7) is 9.96. The fourth-order valence-corrected chi connectivity index (χ4v) is 3.60. The average Bonchev–Trinajstić information content (AvgIpc) is 2.79. The van der Waals surface area contributed by atoms with E-state index in [0.29, 0.717) is 0 Å². The van der Waals surface area contributed by atoms with Gasteiger partial charge in [-0.15, -0.1) is 0 Å². The van der Waals surface area contributed by atoms with Crippen LogP contribution in [-0.4, -0.2) is 17.9 Å². The van der Waals surface area contributed by atoms with Crippen molar-refractivity contribution in [2.24, 2.45) is 0 Å². The topological polar surface area (TPSA) is 49.4 Å². The molecule has 0 saturated carbocycles. The molecule has 3 rings (SSSR count). The Bertz CT molecular complexity index is 847. The van der Waals surface area contributed by atoms with E-state index < -0.39 is 6.04 Å². The number of imide groups is 1. The molecule has 4 nitrogen and oxygen atoms in total. The maximum absolute atomic E-state index is 12.9. The molecule has 2 aromatic rings. The Balaban J connectivity index is 1.92. The number of benzene rings is 2. The molecule has 0 radical (unpaired) electrons. The van der Waals surface area contributed by atoms with E-state index >= 15 is 0 Å². The summed E-state index contributed by atoms with van der Waals surface area (Å²) in [4.78, 5) is 26.9. The standard InChI is InChI=1S/C21H24N2O2/c1-12-9-14(3)20(15(4)10-12)23-19(24)11-18(21(23)25)22-17-8-6-7-13(2)16(17)5/h6-10,18,22H,11H2,1-5H3. The lowest BCUT2D eigenvalue weighted by Gasteiger charge is -2.21. The molecule has 25 heavy (non-hydrogen) atoms. The molecule has 1 aliphatic rings. The third-order valence-electron chi connectivity index (χ3n) is 4.94. The number of rotatable bonds is 3. The number of nitrogens with zero attached hydrogens (tertiary/aromatic N) is 1. The van der Waals surface area contributed by atoms with Gasteiger partial charge in [-0.25, -0.2) is 4.90 Å². The molecule has 0 aliphatic carbocycles. The van der Waals surface area contributed by atoms with E-state index in [-0.39, 0.29) is 18.2 Å². The lowest BCUT2D eigenvalue weighted by molar-refractivity contribution is -0.121. The van der Waals surface area contributed by atoms with Gasteiger partial charge in [0, 0.05) is 5.69 Å². The molecular weight excluding hydrogens is 312 g/mol. The second-order valence-electron chi connectivity index (χ2n) is 6.96. The lowest BCUT2D eigenvalue weighted by atomic mass is 10.0. The Morgan fingerprint density at radius 2 is 1.60 bits per heavy atom. The molecule has 1 N–H and O–H groups in total. The Morgan fingerprint density at radius 3 is 2.24 bits per heavy atom. The van der Waals surface area contributed by atoms with E-state index in [1.165, 1.54) is 4.90 Å². The highest BCUT2D eigenvalue weighted by atomic mass is 16.2. The number of hydrogen-bond donors (Lipinski definition) is 1. The van der Waals surface area contributed by atoms with Gasteiger partial charge >= 0.3 is 0 Å². The normalized spacial score (nSPS) is 17.3. The Kier molecular flexibility index (Phi) is 4.38. The van der Waals surface area contributed by atoms with Gasteiger partial charge in [0.15, 0.2) is 0 Å². The van der Waals surface area contributed by atoms with Crippen LogP contribution in [0.5, 0.6) is 0 Å². The summed E-state index contributed by atoms with van der Waals surface area (Å²) in [5, 5.41) is 3.27. The number of hydrogen-bond acceptors (Lipinski definition) is 3. The zero-order chi connectivity index (χ0) is 18.3. The van der Waals surface area contributed by atoms with E-state index in [0.717, 1.165) is 39.2 Å². The summed E-state index contributed by atoms with van der Waals surface area (Å²) < 4.78 is 0. The Hall–Kier alpha value is -2.62. The van der Waals surface area contributed by atoms with Crippen LogP contribution >= 0.6 is 0 Å². The molecule has 1 unspecified atom stereocenters. The molecule has 0 bridgehead atoms. The first kappa shape index (κ1) is 17.2. The lowest BCUT2D eigenvalue weighted by Crippen LogP contribution is -2.35. The van der Waals surface area contributed by atoms with Gasteiger partial charge in [-0.2, -0.15) is 0 Å². The Morgan fingerprint density at radius 1 is 0.960 bits per heavy atom. The van der Waals surface area contributed by atoms with Crippen LogP contribution in [0.4, 0.5) is 11.4 Å². The maximum atomic E-state index is 12.9. The van der Waals surface area contributed by atoms with Crippen LogP contribution in [0.3, 0.4) is 0 Å². The second kappa shape index (κ2) is 6.36. The van der Waals surface area contributed by atoms with Gasteiger partial charge in [-0.3, -0.25) is 9.59 Å². The minimum absolute atomic E-state index is 0.150. The molecule has 2 amide bonds. The van der Waals surface area contributed by atoms with Gasteiger partial charge in [0.1, 0.15) is 6.04 Å². The number of carbonyl (C=O) groups excluding carboxylic acids is 2. The van der Waals surface area contributed by atoms with E-state index in [2.05, 4.69) is 5.32 Å². The van der Waals surface area contributed by atoms with Crippen LogP contribution in [0.25, 0.3) is 0 Å².